The van der Waals surface area contributed by atoms with Crippen molar-refractivity contribution in [3.05, 3.63) is 51.2 Å². The van der Waals surface area contributed by atoms with Gasteiger partial charge in [0.05, 0.1) is 15.8 Å². The molecule has 1 fully saturated rings. The van der Waals surface area contributed by atoms with E-state index < -0.39 is 10.0 Å². The van der Waals surface area contributed by atoms with Gasteiger partial charge in [-0.05, 0) is 43.2 Å². The quantitative estimate of drug-likeness (QED) is 0.749. The molecule has 0 bridgehead atoms. The zero-order valence-corrected chi connectivity index (χ0v) is 16.9. The Morgan fingerprint density at radius 2 is 1.92 bits per heavy atom. The van der Waals surface area contributed by atoms with Crippen LogP contribution >= 0.6 is 22.9 Å². The summed E-state index contributed by atoms with van der Waals surface area (Å²) in [5, 5.41) is 0. The molecule has 0 radical (unpaired) electrons. The van der Waals surface area contributed by atoms with E-state index in [9.17, 15) is 13.2 Å². The summed E-state index contributed by atoms with van der Waals surface area (Å²) >= 11 is 7.35. The Labute approximate surface area is 163 Å². The molecule has 0 atom stereocenters. The number of carbonyl (C=O) groups is 1. The summed E-state index contributed by atoms with van der Waals surface area (Å²) in [4.78, 5) is 15.4. The highest BCUT2D eigenvalue weighted by Gasteiger charge is 2.26. The molecule has 5 nitrogen and oxygen atoms in total. The first-order valence-electron chi connectivity index (χ1n) is 8.48. The van der Waals surface area contributed by atoms with Crippen molar-refractivity contribution in [2.24, 2.45) is 0 Å². The molecular weight excluding hydrogens is 392 g/mol. The molecule has 1 saturated heterocycles. The summed E-state index contributed by atoms with van der Waals surface area (Å²) in [6.07, 6.45) is 2.82. The van der Waals surface area contributed by atoms with Gasteiger partial charge in [-0.2, -0.15) is 4.31 Å². The Kier molecular flexibility index (Phi) is 6.02. The number of amides is 1. The van der Waals surface area contributed by atoms with E-state index in [4.69, 9.17) is 11.6 Å². The summed E-state index contributed by atoms with van der Waals surface area (Å²) in [6, 6.07) is 9.99. The van der Waals surface area contributed by atoms with Gasteiger partial charge in [-0.15, -0.1) is 11.3 Å². The maximum atomic E-state index is 12.8. The predicted octanol–water partition coefficient (Wildman–Crippen LogP) is 3.85. The van der Waals surface area contributed by atoms with Crippen molar-refractivity contribution in [2.45, 2.75) is 30.7 Å². The molecule has 0 spiro atoms. The Bertz CT molecular complexity index is 889. The Morgan fingerprint density at radius 1 is 1.19 bits per heavy atom. The molecule has 0 N–H and O–H groups in total. The van der Waals surface area contributed by atoms with E-state index in [1.807, 2.05) is 6.07 Å². The zero-order chi connectivity index (χ0) is 18.7. The molecule has 1 aromatic heterocycles. The second-order valence-electron chi connectivity index (χ2n) is 6.36. The fourth-order valence-corrected chi connectivity index (χ4v) is 5.71. The number of benzene rings is 1. The van der Waals surface area contributed by atoms with Crippen molar-refractivity contribution >= 4 is 38.9 Å². The average Bonchev–Trinajstić information content (AvgIpc) is 3.06. The first-order chi connectivity index (χ1) is 12.4. The van der Waals surface area contributed by atoms with Crippen LogP contribution in [0, 0.1) is 0 Å². The Morgan fingerprint density at radius 3 is 2.58 bits per heavy atom. The second kappa shape index (κ2) is 8.08. The lowest BCUT2D eigenvalue weighted by Crippen LogP contribution is -2.35. The topological polar surface area (TPSA) is 57.7 Å². The van der Waals surface area contributed by atoms with Gasteiger partial charge in [0.2, 0.25) is 10.0 Å². The maximum absolute atomic E-state index is 12.8. The third-order valence-electron chi connectivity index (χ3n) is 4.40. The number of carbonyl (C=O) groups excluding carboxylic acids is 1. The number of rotatable bonds is 5. The van der Waals surface area contributed by atoms with Crippen LogP contribution in [0.3, 0.4) is 0 Å². The molecule has 0 saturated carbocycles. The molecular formula is C18H21ClN2O3S2. The molecule has 26 heavy (non-hydrogen) atoms. The number of hydrogen-bond donors (Lipinski definition) is 0. The van der Waals surface area contributed by atoms with Crippen molar-refractivity contribution in [3.8, 4) is 0 Å². The molecule has 1 amide bonds. The van der Waals surface area contributed by atoms with Crippen LogP contribution in [0.5, 0.6) is 0 Å². The van der Waals surface area contributed by atoms with Gasteiger partial charge in [-0.1, -0.05) is 24.1 Å². The number of sulfonamides is 1. The van der Waals surface area contributed by atoms with E-state index in [-0.39, 0.29) is 10.8 Å². The minimum absolute atomic E-state index is 0.179. The van der Waals surface area contributed by atoms with E-state index in [1.165, 1.54) is 21.7 Å². The summed E-state index contributed by atoms with van der Waals surface area (Å²) in [5.74, 6) is -0.217. The average molecular weight is 413 g/mol. The second-order valence-corrected chi connectivity index (χ2v) is 10.1. The summed E-state index contributed by atoms with van der Waals surface area (Å²) in [5.41, 5.74) is 0.369. The van der Waals surface area contributed by atoms with Gasteiger partial charge >= 0.3 is 0 Å². The molecule has 2 heterocycles. The van der Waals surface area contributed by atoms with Crippen LogP contribution in [0.1, 0.15) is 34.5 Å². The lowest BCUT2D eigenvalue weighted by atomic mass is 10.2. The van der Waals surface area contributed by atoms with Crippen molar-refractivity contribution in [1.29, 1.82) is 0 Å². The highest BCUT2D eigenvalue weighted by Crippen LogP contribution is 2.24. The Balaban J connectivity index is 1.78. The summed E-state index contributed by atoms with van der Waals surface area (Å²) in [7, 11) is -1.86. The van der Waals surface area contributed by atoms with Crippen LogP contribution in [0.25, 0.3) is 0 Å². The largest absolute Gasteiger partial charge is 0.337 e. The van der Waals surface area contributed by atoms with E-state index in [1.54, 1.807) is 36.2 Å². The third-order valence-corrected chi connectivity index (χ3v) is 7.51. The molecule has 0 unspecified atom stereocenters. The van der Waals surface area contributed by atoms with Crippen LogP contribution < -0.4 is 0 Å². The van der Waals surface area contributed by atoms with Crippen molar-refractivity contribution in [1.82, 2.24) is 9.21 Å². The lowest BCUT2D eigenvalue weighted by molar-refractivity contribution is 0.0786. The first-order valence-corrected chi connectivity index (χ1v) is 11.1. The summed E-state index contributed by atoms with van der Waals surface area (Å²) < 4.78 is 27.8. The van der Waals surface area contributed by atoms with Gasteiger partial charge < -0.3 is 4.90 Å². The lowest BCUT2D eigenvalue weighted by Gasteiger charge is -2.26. The number of piperidine rings is 1. The van der Waals surface area contributed by atoms with Gasteiger partial charge in [0.15, 0.2) is 0 Å². The van der Waals surface area contributed by atoms with Crippen LogP contribution in [-0.4, -0.2) is 43.7 Å². The smallest absolute Gasteiger partial charge is 0.253 e. The first kappa shape index (κ1) is 19.4. The normalized spacial score (nSPS) is 15.8. The molecule has 0 aliphatic carbocycles. The minimum Gasteiger partial charge on any atom is -0.337 e. The van der Waals surface area contributed by atoms with E-state index in [2.05, 4.69) is 0 Å². The third kappa shape index (κ3) is 4.28. The Hall–Kier alpha value is -1.41. The van der Waals surface area contributed by atoms with E-state index in [0.29, 0.717) is 29.5 Å². The zero-order valence-electron chi connectivity index (χ0n) is 14.5. The number of thiophene rings is 1. The molecule has 3 rings (SSSR count). The van der Waals surface area contributed by atoms with E-state index in [0.717, 1.165) is 24.1 Å². The standard InChI is InChI=1S/C18H21ClN2O3S2/c1-20(13-15-8-9-17(19)25-15)18(22)14-6-5-7-16(12-14)26(23,24)21-10-3-2-4-11-21/h5-9,12H,2-4,10-11,13H2,1H3. The van der Waals surface area contributed by atoms with Crippen LogP contribution in [0.15, 0.2) is 41.3 Å². The molecule has 140 valence electrons. The van der Waals surface area contributed by atoms with Crippen molar-refractivity contribution in [3.63, 3.8) is 0 Å². The monoisotopic (exact) mass is 412 g/mol. The van der Waals surface area contributed by atoms with Gasteiger partial charge in [0.1, 0.15) is 0 Å². The summed E-state index contributed by atoms with van der Waals surface area (Å²) in [6.45, 7) is 1.51. The van der Waals surface area contributed by atoms with Crippen molar-refractivity contribution in [2.75, 3.05) is 20.1 Å². The van der Waals surface area contributed by atoms with Crippen LogP contribution in [0.2, 0.25) is 4.34 Å². The molecule has 1 aromatic carbocycles. The highest BCUT2D eigenvalue weighted by molar-refractivity contribution is 7.89. The van der Waals surface area contributed by atoms with Gasteiger partial charge in [-0.25, -0.2) is 8.42 Å². The minimum atomic E-state index is -3.55. The number of nitrogens with zero attached hydrogens (tertiary/aromatic N) is 2. The predicted molar refractivity (Wildman–Crippen MR) is 104 cm³/mol. The van der Waals surface area contributed by atoms with Crippen LogP contribution in [-0.2, 0) is 16.6 Å². The molecule has 8 heteroatoms. The van der Waals surface area contributed by atoms with Crippen molar-refractivity contribution < 1.29 is 13.2 Å². The number of halogens is 1. The van der Waals surface area contributed by atoms with Gasteiger partial charge in [-0.3, -0.25) is 4.79 Å². The maximum Gasteiger partial charge on any atom is 0.253 e. The number of hydrogen-bond acceptors (Lipinski definition) is 4. The van der Waals surface area contributed by atoms with Gasteiger partial charge in [0, 0.05) is 30.6 Å². The van der Waals surface area contributed by atoms with Gasteiger partial charge in [0.25, 0.3) is 5.91 Å². The fraction of sp³-hybridized carbons (Fsp3) is 0.389. The van der Waals surface area contributed by atoms with E-state index >= 15 is 0 Å². The molecule has 2 aromatic rings. The highest BCUT2D eigenvalue weighted by atomic mass is 35.5. The molecule has 1 aliphatic heterocycles. The fourth-order valence-electron chi connectivity index (χ4n) is 3.01. The molecule has 1 aliphatic rings. The SMILES string of the molecule is CN(Cc1ccc(Cl)s1)C(=O)c1cccc(S(=O)(=O)N2CCCCC2)c1. The van der Waals surface area contributed by atoms with Crippen LogP contribution in [0.4, 0.5) is 0 Å².